The Morgan fingerprint density at radius 3 is 2.52 bits per heavy atom. The molecule has 25 heavy (non-hydrogen) atoms. The summed E-state index contributed by atoms with van der Waals surface area (Å²) in [5, 5.41) is 15.0. The van der Waals surface area contributed by atoms with Gasteiger partial charge in [-0.2, -0.15) is 0 Å². The van der Waals surface area contributed by atoms with Crippen LogP contribution in [-0.4, -0.2) is 53.1 Å². The molecule has 0 radical (unpaired) electrons. The number of carbonyl (C=O) groups is 3. The van der Waals surface area contributed by atoms with Crippen LogP contribution in [0, 0.1) is 5.92 Å². The van der Waals surface area contributed by atoms with Gasteiger partial charge in [-0.1, -0.05) is 32.6 Å². The number of piperidine rings is 1. The summed E-state index contributed by atoms with van der Waals surface area (Å²) in [5.41, 5.74) is -0.880. The predicted octanol–water partition coefficient (Wildman–Crippen LogP) is 2.11. The fraction of sp³-hybridized carbons (Fsp3) is 0.833. The first kappa shape index (κ1) is 19.5. The molecule has 3 N–H and O–H groups in total. The number of nitrogens with one attached hydrogen (secondary N) is 2. The van der Waals surface area contributed by atoms with Crippen LogP contribution >= 0.6 is 0 Å². The molecule has 1 heterocycles. The minimum atomic E-state index is -0.880. The van der Waals surface area contributed by atoms with Crippen LogP contribution in [0.15, 0.2) is 0 Å². The van der Waals surface area contributed by atoms with E-state index in [1.54, 1.807) is 4.90 Å². The largest absolute Gasteiger partial charge is 0.481 e. The maximum Gasteiger partial charge on any atom is 0.315 e. The topological polar surface area (TPSA) is 98.7 Å². The lowest BCUT2D eigenvalue weighted by atomic mass is 9.80. The summed E-state index contributed by atoms with van der Waals surface area (Å²) in [6.45, 7) is 3.47. The van der Waals surface area contributed by atoms with Gasteiger partial charge in [0.05, 0.1) is 5.92 Å². The van der Waals surface area contributed by atoms with Crippen molar-refractivity contribution >= 4 is 17.9 Å². The van der Waals surface area contributed by atoms with Gasteiger partial charge in [-0.25, -0.2) is 4.79 Å². The van der Waals surface area contributed by atoms with E-state index in [0.717, 1.165) is 32.1 Å². The van der Waals surface area contributed by atoms with Crippen LogP contribution in [0.3, 0.4) is 0 Å². The zero-order valence-electron chi connectivity index (χ0n) is 15.2. The molecule has 2 rings (SSSR count). The first-order valence-electron chi connectivity index (χ1n) is 9.56. The average molecular weight is 353 g/mol. The normalized spacial score (nSPS) is 22.9. The van der Waals surface area contributed by atoms with E-state index < -0.39 is 17.4 Å². The van der Waals surface area contributed by atoms with Crippen molar-refractivity contribution in [2.24, 2.45) is 5.92 Å². The number of amides is 3. The van der Waals surface area contributed by atoms with E-state index in [-0.39, 0.29) is 18.5 Å². The molecule has 1 atom stereocenters. The molecule has 0 bridgehead atoms. The van der Waals surface area contributed by atoms with Crippen LogP contribution in [-0.2, 0) is 9.59 Å². The van der Waals surface area contributed by atoms with Gasteiger partial charge in [0.25, 0.3) is 0 Å². The van der Waals surface area contributed by atoms with Crippen molar-refractivity contribution in [3.05, 3.63) is 0 Å². The van der Waals surface area contributed by atoms with Crippen LogP contribution in [0.1, 0.15) is 64.7 Å². The lowest BCUT2D eigenvalue weighted by Crippen LogP contribution is -2.63. The molecule has 1 saturated carbocycles. The summed E-state index contributed by atoms with van der Waals surface area (Å²) in [6.07, 6.45) is 7.32. The number of carboxylic acid groups (broad SMARTS) is 1. The molecule has 2 fully saturated rings. The van der Waals surface area contributed by atoms with Gasteiger partial charge in [0, 0.05) is 19.6 Å². The SMILES string of the molecule is CCCCNC(=O)NC1(C(=O)N2CCCC(C(=O)O)C2)CCCCC1. The molecule has 0 aromatic heterocycles. The Labute approximate surface area is 149 Å². The standard InChI is InChI=1S/C18H31N3O4/c1-2-3-11-19-17(25)20-18(9-5-4-6-10-18)16(24)21-12-7-8-14(13-21)15(22)23/h14H,2-13H2,1H3,(H,22,23)(H2,19,20,25). The van der Waals surface area contributed by atoms with Gasteiger partial charge >= 0.3 is 12.0 Å². The first-order chi connectivity index (χ1) is 12.0. The molecule has 0 aromatic carbocycles. The van der Waals surface area contributed by atoms with Gasteiger partial charge in [-0.05, 0) is 32.1 Å². The van der Waals surface area contributed by atoms with Gasteiger partial charge in [0.15, 0.2) is 0 Å². The molecule has 1 aliphatic carbocycles. The lowest BCUT2D eigenvalue weighted by molar-refractivity contribution is -0.148. The van der Waals surface area contributed by atoms with E-state index in [9.17, 15) is 19.5 Å². The van der Waals surface area contributed by atoms with Crippen LogP contribution in [0.25, 0.3) is 0 Å². The highest BCUT2D eigenvalue weighted by molar-refractivity contribution is 5.91. The third-order valence-corrected chi connectivity index (χ3v) is 5.34. The average Bonchev–Trinajstić information content (AvgIpc) is 2.62. The van der Waals surface area contributed by atoms with Crippen molar-refractivity contribution in [2.45, 2.75) is 70.3 Å². The number of aliphatic carboxylic acids is 1. The van der Waals surface area contributed by atoms with Crippen molar-refractivity contribution in [1.29, 1.82) is 0 Å². The highest BCUT2D eigenvalue weighted by atomic mass is 16.4. The zero-order valence-corrected chi connectivity index (χ0v) is 15.2. The van der Waals surface area contributed by atoms with E-state index in [0.29, 0.717) is 38.8 Å². The quantitative estimate of drug-likeness (QED) is 0.637. The maximum atomic E-state index is 13.2. The van der Waals surface area contributed by atoms with Crippen LogP contribution < -0.4 is 10.6 Å². The molecule has 2 aliphatic rings. The Bertz CT molecular complexity index is 489. The smallest absolute Gasteiger partial charge is 0.315 e. The fourth-order valence-electron chi connectivity index (χ4n) is 3.85. The fourth-order valence-corrected chi connectivity index (χ4v) is 3.85. The number of nitrogens with zero attached hydrogens (tertiary/aromatic N) is 1. The van der Waals surface area contributed by atoms with Gasteiger partial charge < -0.3 is 20.6 Å². The number of carbonyl (C=O) groups excluding carboxylic acids is 2. The molecular formula is C18H31N3O4. The van der Waals surface area contributed by atoms with E-state index in [2.05, 4.69) is 17.6 Å². The first-order valence-corrected chi connectivity index (χ1v) is 9.56. The Morgan fingerprint density at radius 1 is 1.16 bits per heavy atom. The molecule has 1 saturated heterocycles. The molecule has 7 nitrogen and oxygen atoms in total. The number of carboxylic acids is 1. The van der Waals surface area contributed by atoms with Crippen molar-refractivity contribution in [3.63, 3.8) is 0 Å². The van der Waals surface area contributed by atoms with E-state index in [4.69, 9.17) is 0 Å². The molecule has 1 aliphatic heterocycles. The van der Waals surface area contributed by atoms with Crippen molar-refractivity contribution in [2.75, 3.05) is 19.6 Å². The molecule has 3 amide bonds. The second kappa shape index (κ2) is 9.06. The number of likely N-dealkylation sites (tertiary alicyclic amines) is 1. The second-order valence-corrected chi connectivity index (χ2v) is 7.31. The number of hydrogen-bond donors (Lipinski definition) is 3. The highest BCUT2D eigenvalue weighted by Gasteiger charge is 2.44. The van der Waals surface area contributed by atoms with Crippen LogP contribution in [0.5, 0.6) is 0 Å². The number of urea groups is 1. The van der Waals surface area contributed by atoms with Crippen molar-refractivity contribution in [3.8, 4) is 0 Å². The highest BCUT2D eigenvalue weighted by Crippen LogP contribution is 2.31. The molecule has 142 valence electrons. The zero-order chi connectivity index (χ0) is 18.3. The molecular weight excluding hydrogens is 322 g/mol. The molecule has 7 heteroatoms. The Kier molecular flexibility index (Phi) is 7.08. The van der Waals surface area contributed by atoms with Crippen LogP contribution in [0.4, 0.5) is 4.79 Å². The Balaban J connectivity index is 2.05. The minimum Gasteiger partial charge on any atom is -0.481 e. The van der Waals surface area contributed by atoms with Gasteiger partial charge in [0.1, 0.15) is 5.54 Å². The monoisotopic (exact) mass is 353 g/mol. The van der Waals surface area contributed by atoms with Crippen LogP contribution in [0.2, 0.25) is 0 Å². The van der Waals surface area contributed by atoms with E-state index in [1.807, 2.05) is 0 Å². The minimum absolute atomic E-state index is 0.108. The third-order valence-electron chi connectivity index (χ3n) is 5.34. The van der Waals surface area contributed by atoms with E-state index >= 15 is 0 Å². The molecule has 0 aromatic rings. The van der Waals surface area contributed by atoms with Gasteiger partial charge in [-0.15, -0.1) is 0 Å². The van der Waals surface area contributed by atoms with Crippen molar-refractivity contribution in [1.82, 2.24) is 15.5 Å². The summed E-state index contributed by atoms with van der Waals surface area (Å²) < 4.78 is 0. The summed E-state index contributed by atoms with van der Waals surface area (Å²) in [4.78, 5) is 38.4. The maximum absolute atomic E-state index is 13.2. The third kappa shape index (κ3) is 5.09. The second-order valence-electron chi connectivity index (χ2n) is 7.31. The predicted molar refractivity (Wildman–Crippen MR) is 94.2 cm³/mol. The molecule has 0 spiro atoms. The summed E-state index contributed by atoms with van der Waals surface area (Å²) in [7, 11) is 0. The van der Waals surface area contributed by atoms with Crippen molar-refractivity contribution < 1.29 is 19.5 Å². The summed E-state index contributed by atoms with van der Waals surface area (Å²) in [6, 6.07) is -0.296. The van der Waals surface area contributed by atoms with E-state index in [1.165, 1.54) is 0 Å². The van der Waals surface area contributed by atoms with Gasteiger partial charge in [0.2, 0.25) is 5.91 Å². The van der Waals surface area contributed by atoms with Gasteiger partial charge in [-0.3, -0.25) is 9.59 Å². The Hall–Kier alpha value is -1.79. The Morgan fingerprint density at radius 2 is 1.88 bits per heavy atom. The summed E-state index contributed by atoms with van der Waals surface area (Å²) in [5.74, 6) is -1.46. The number of rotatable bonds is 6. The molecule has 1 unspecified atom stereocenters. The lowest BCUT2D eigenvalue weighted by Gasteiger charge is -2.42. The summed E-state index contributed by atoms with van der Waals surface area (Å²) >= 11 is 0. The number of unbranched alkanes of at least 4 members (excludes halogenated alkanes) is 1. The number of hydrogen-bond acceptors (Lipinski definition) is 3.